The fourth-order valence-corrected chi connectivity index (χ4v) is 1.27. The van der Waals surface area contributed by atoms with Crippen molar-refractivity contribution in [3.8, 4) is 0 Å². The first kappa shape index (κ1) is 11.2. The molecule has 1 aromatic heterocycles. The first-order valence-corrected chi connectivity index (χ1v) is 5.23. The Kier molecular flexibility index (Phi) is 4.07. The highest BCUT2D eigenvalue weighted by atomic mass is 16.5. The smallest absolute Gasteiger partial charge is 0.243 e. The number of nitrogens with zero attached hydrogens (tertiary/aromatic N) is 2. The largest absolute Gasteiger partial charge is 0.338 e. The molecule has 0 aliphatic rings. The molecule has 0 amide bonds. The van der Waals surface area contributed by atoms with E-state index in [1.807, 2.05) is 7.05 Å². The predicted octanol–water partition coefficient (Wildman–Crippen LogP) is 2.25. The van der Waals surface area contributed by atoms with Crippen LogP contribution in [0.4, 0.5) is 0 Å². The summed E-state index contributed by atoms with van der Waals surface area (Å²) in [4.78, 5) is 4.38. The van der Waals surface area contributed by atoms with Crippen LogP contribution in [0, 0.1) is 0 Å². The lowest BCUT2D eigenvalue weighted by atomic mass is 10.1. The topological polar surface area (TPSA) is 51.0 Å². The molecule has 0 aliphatic carbocycles. The molecule has 4 heteroatoms. The van der Waals surface area contributed by atoms with E-state index in [0.717, 1.165) is 18.7 Å². The number of hydrogen-bond acceptors (Lipinski definition) is 4. The zero-order chi connectivity index (χ0) is 10.6. The van der Waals surface area contributed by atoms with E-state index in [9.17, 15) is 0 Å². The number of aromatic nitrogens is 2. The Morgan fingerprint density at radius 1 is 1.36 bits per heavy atom. The normalized spacial score (nSPS) is 15.4. The van der Waals surface area contributed by atoms with Crippen molar-refractivity contribution in [3.63, 3.8) is 0 Å². The van der Waals surface area contributed by atoms with Crippen LogP contribution < -0.4 is 5.32 Å². The maximum Gasteiger partial charge on any atom is 0.243 e. The van der Waals surface area contributed by atoms with Crippen LogP contribution in [-0.4, -0.2) is 17.2 Å². The van der Waals surface area contributed by atoms with Gasteiger partial charge in [0.1, 0.15) is 0 Å². The maximum atomic E-state index is 5.21. The van der Waals surface area contributed by atoms with Gasteiger partial charge in [-0.25, -0.2) is 0 Å². The summed E-state index contributed by atoms with van der Waals surface area (Å²) in [6.07, 6.45) is 1.99. The van der Waals surface area contributed by atoms with E-state index in [-0.39, 0.29) is 6.04 Å². The molecular weight excluding hydrogens is 178 g/mol. The average Bonchev–Trinajstić information content (AvgIpc) is 2.68. The molecule has 2 unspecified atom stereocenters. The first-order chi connectivity index (χ1) is 6.72. The highest BCUT2D eigenvalue weighted by Gasteiger charge is 2.17. The second-order valence-corrected chi connectivity index (χ2v) is 3.55. The minimum absolute atomic E-state index is 0.181. The molecule has 2 atom stereocenters. The second-order valence-electron chi connectivity index (χ2n) is 3.55. The van der Waals surface area contributed by atoms with Gasteiger partial charge in [0.05, 0.1) is 6.04 Å². The highest BCUT2D eigenvalue weighted by molar-refractivity contribution is 4.96. The van der Waals surface area contributed by atoms with Crippen LogP contribution in [0.3, 0.4) is 0 Å². The van der Waals surface area contributed by atoms with Crippen LogP contribution in [0.2, 0.25) is 0 Å². The molecule has 80 valence electrons. The molecule has 0 radical (unpaired) electrons. The van der Waals surface area contributed by atoms with Crippen LogP contribution in [0.25, 0.3) is 0 Å². The molecule has 0 aliphatic heterocycles. The van der Waals surface area contributed by atoms with Crippen molar-refractivity contribution < 1.29 is 4.52 Å². The summed E-state index contributed by atoms with van der Waals surface area (Å²) in [6.45, 7) is 6.32. The van der Waals surface area contributed by atoms with Gasteiger partial charge in [0.15, 0.2) is 5.82 Å². The van der Waals surface area contributed by atoms with Crippen molar-refractivity contribution in [2.75, 3.05) is 7.05 Å². The minimum Gasteiger partial charge on any atom is -0.338 e. The van der Waals surface area contributed by atoms with Gasteiger partial charge >= 0.3 is 0 Å². The van der Waals surface area contributed by atoms with Crippen molar-refractivity contribution in [3.05, 3.63) is 11.7 Å². The standard InChI is InChI=1S/C10H19N3O/c1-5-7(3)9-12-10(14-13-9)8(6-2)11-4/h7-8,11H,5-6H2,1-4H3. The Hall–Kier alpha value is -0.900. The molecule has 1 rings (SSSR count). The van der Waals surface area contributed by atoms with Gasteiger partial charge in [-0.15, -0.1) is 0 Å². The molecule has 14 heavy (non-hydrogen) atoms. The second kappa shape index (κ2) is 5.10. The third-order valence-corrected chi connectivity index (χ3v) is 2.57. The monoisotopic (exact) mass is 197 g/mol. The van der Waals surface area contributed by atoms with Crippen molar-refractivity contribution in [1.29, 1.82) is 0 Å². The summed E-state index contributed by atoms with van der Waals surface area (Å²) in [7, 11) is 1.90. The first-order valence-electron chi connectivity index (χ1n) is 5.23. The summed E-state index contributed by atoms with van der Waals surface area (Å²) in [5.74, 6) is 1.89. The molecule has 0 spiro atoms. The van der Waals surface area contributed by atoms with E-state index in [0.29, 0.717) is 11.8 Å². The molecule has 0 saturated carbocycles. The molecule has 0 bridgehead atoms. The Labute approximate surface area is 85.1 Å². The van der Waals surface area contributed by atoms with Gasteiger partial charge in [-0.3, -0.25) is 0 Å². The maximum absolute atomic E-state index is 5.21. The van der Waals surface area contributed by atoms with E-state index < -0.39 is 0 Å². The van der Waals surface area contributed by atoms with Gasteiger partial charge in [-0.2, -0.15) is 4.98 Å². The van der Waals surface area contributed by atoms with Crippen LogP contribution >= 0.6 is 0 Å². The lowest BCUT2D eigenvalue weighted by Gasteiger charge is -2.06. The van der Waals surface area contributed by atoms with Crippen molar-refractivity contribution in [1.82, 2.24) is 15.5 Å². The van der Waals surface area contributed by atoms with E-state index in [1.54, 1.807) is 0 Å². The molecule has 0 aromatic carbocycles. The number of nitrogens with one attached hydrogen (secondary N) is 1. The van der Waals surface area contributed by atoms with Crippen LogP contribution in [0.15, 0.2) is 4.52 Å². The van der Waals surface area contributed by atoms with E-state index in [2.05, 4.69) is 36.2 Å². The summed E-state index contributed by atoms with van der Waals surface area (Å²) in [5, 5.41) is 7.12. The Morgan fingerprint density at radius 2 is 2.07 bits per heavy atom. The molecule has 4 nitrogen and oxygen atoms in total. The van der Waals surface area contributed by atoms with Crippen molar-refractivity contribution in [2.45, 2.75) is 45.6 Å². The zero-order valence-corrected chi connectivity index (χ0v) is 9.37. The summed E-state index contributed by atoms with van der Waals surface area (Å²) >= 11 is 0. The average molecular weight is 197 g/mol. The molecule has 0 fully saturated rings. The Bertz CT molecular complexity index is 268. The molecule has 1 N–H and O–H groups in total. The van der Waals surface area contributed by atoms with Crippen molar-refractivity contribution >= 4 is 0 Å². The lowest BCUT2D eigenvalue weighted by molar-refractivity contribution is 0.330. The molecular formula is C10H19N3O. The van der Waals surface area contributed by atoms with Gasteiger partial charge in [0, 0.05) is 5.92 Å². The quantitative estimate of drug-likeness (QED) is 0.786. The Balaban J connectivity index is 2.76. The highest BCUT2D eigenvalue weighted by Crippen LogP contribution is 2.19. The number of hydrogen-bond donors (Lipinski definition) is 1. The van der Waals surface area contributed by atoms with Gasteiger partial charge in [-0.1, -0.05) is 25.9 Å². The van der Waals surface area contributed by atoms with Gasteiger partial charge < -0.3 is 9.84 Å². The Morgan fingerprint density at radius 3 is 2.57 bits per heavy atom. The van der Waals surface area contributed by atoms with Crippen LogP contribution in [-0.2, 0) is 0 Å². The third kappa shape index (κ3) is 2.32. The van der Waals surface area contributed by atoms with E-state index in [1.165, 1.54) is 0 Å². The number of rotatable bonds is 5. The molecule has 1 aromatic rings. The SMILES string of the molecule is CCC(C)c1noc(C(CC)NC)n1. The van der Waals surface area contributed by atoms with Gasteiger partial charge in [0.25, 0.3) is 0 Å². The van der Waals surface area contributed by atoms with Gasteiger partial charge in [0.2, 0.25) is 5.89 Å². The molecule has 1 heterocycles. The lowest BCUT2D eigenvalue weighted by Crippen LogP contribution is -2.15. The van der Waals surface area contributed by atoms with E-state index in [4.69, 9.17) is 4.52 Å². The summed E-state index contributed by atoms with van der Waals surface area (Å²) < 4.78 is 5.21. The zero-order valence-electron chi connectivity index (χ0n) is 9.37. The minimum atomic E-state index is 0.181. The predicted molar refractivity (Wildman–Crippen MR) is 55.1 cm³/mol. The van der Waals surface area contributed by atoms with Gasteiger partial charge in [-0.05, 0) is 19.9 Å². The van der Waals surface area contributed by atoms with Crippen LogP contribution in [0.1, 0.15) is 57.3 Å². The van der Waals surface area contributed by atoms with Crippen molar-refractivity contribution in [2.24, 2.45) is 0 Å². The third-order valence-electron chi connectivity index (χ3n) is 2.57. The molecule has 0 saturated heterocycles. The van der Waals surface area contributed by atoms with Crippen LogP contribution in [0.5, 0.6) is 0 Å². The van der Waals surface area contributed by atoms with E-state index >= 15 is 0 Å². The fraction of sp³-hybridized carbons (Fsp3) is 0.800. The fourth-order valence-electron chi connectivity index (χ4n) is 1.27. The summed E-state index contributed by atoms with van der Waals surface area (Å²) in [5.41, 5.74) is 0. The summed E-state index contributed by atoms with van der Waals surface area (Å²) in [6, 6.07) is 0.181.